The van der Waals surface area contributed by atoms with Gasteiger partial charge in [-0.2, -0.15) is 5.26 Å². The molecule has 0 unspecified atom stereocenters. The molecule has 0 N–H and O–H groups in total. The van der Waals surface area contributed by atoms with E-state index in [1.165, 1.54) is 0 Å². The summed E-state index contributed by atoms with van der Waals surface area (Å²) < 4.78 is 5.14. The van der Waals surface area contributed by atoms with Crippen molar-refractivity contribution in [3.05, 3.63) is 29.3 Å². The predicted molar refractivity (Wildman–Crippen MR) is 54.6 cm³/mol. The van der Waals surface area contributed by atoms with Gasteiger partial charge in [0.05, 0.1) is 5.56 Å². The Bertz CT molecular complexity index is 418. The van der Waals surface area contributed by atoms with Gasteiger partial charge in [-0.15, -0.1) is 0 Å². The molecule has 1 rings (SSSR count). The van der Waals surface area contributed by atoms with Crippen molar-refractivity contribution in [3.8, 4) is 23.8 Å². The zero-order valence-electron chi connectivity index (χ0n) is 8.29. The van der Waals surface area contributed by atoms with Gasteiger partial charge in [-0.25, -0.2) is 0 Å². The van der Waals surface area contributed by atoms with E-state index in [2.05, 4.69) is 25.0 Å². The summed E-state index contributed by atoms with van der Waals surface area (Å²) in [4.78, 5) is 0. The first kappa shape index (κ1) is 10.2. The quantitative estimate of drug-likeness (QED) is 0.663. The summed E-state index contributed by atoms with van der Waals surface area (Å²) in [5.41, 5.74) is 1.65. The molecule has 0 fully saturated rings. The molecule has 1 aromatic rings. The molecule has 0 amide bonds. The average molecular weight is 185 g/mol. The monoisotopic (exact) mass is 185 g/mol. The topological polar surface area (TPSA) is 33.0 Å². The minimum atomic E-state index is 0.518. The van der Waals surface area contributed by atoms with E-state index in [1.54, 1.807) is 13.0 Å². The maximum absolute atomic E-state index is 8.80. The minimum Gasteiger partial charge on any atom is -0.406 e. The molecule has 0 aliphatic heterocycles. The van der Waals surface area contributed by atoms with Crippen LogP contribution in [0.2, 0.25) is 0 Å². The van der Waals surface area contributed by atoms with Crippen LogP contribution in [0.25, 0.3) is 0 Å². The van der Waals surface area contributed by atoms with Crippen molar-refractivity contribution >= 4 is 0 Å². The number of rotatable bonds is 2. The maximum atomic E-state index is 8.80. The van der Waals surface area contributed by atoms with Crippen LogP contribution in [0.15, 0.2) is 18.2 Å². The molecule has 0 spiro atoms. The van der Waals surface area contributed by atoms with Crippen LogP contribution in [0.1, 0.15) is 25.0 Å². The normalized spacial score (nSPS) is 8.36. The molecule has 0 bridgehead atoms. The van der Waals surface area contributed by atoms with E-state index in [0.717, 1.165) is 12.0 Å². The number of aryl methyl sites for hydroxylation is 1. The first-order chi connectivity index (χ1) is 6.81. The lowest BCUT2D eigenvalue weighted by Gasteiger charge is -2.02. The fraction of sp³-hybridized carbons (Fsp3) is 0.250. The van der Waals surface area contributed by atoms with Crippen LogP contribution in [-0.4, -0.2) is 0 Å². The lowest BCUT2D eigenvalue weighted by atomic mass is 10.1. The van der Waals surface area contributed by atoms with Crippen molar-refractivity contribution < 1.29 is 4.74 Å². The second-order valence-corrected chi connectivity index (χ2v) is 2.75. The molecule has 2 nitrogen and oxygen atoms in total. The van der Waals surface area contributed by atoms with Crippen LogP contribution < -0.4 is 4.74 Å². The summed E-state index contributed by atoms with van der Waals surface area (Å²) in [6.45, 7) is 3.74. The van der Waals surface area contributed by atoms with Crippen LogP contribution in [0, 0.1) is 23.4 Å². The van der Waals surface area contributed by atoms with E-state index in [-0.39, 0.29) is 0 Å². The Kier molecular flexibility index (Phi) is 3.58. The lowest BCUT2D eigenvalue weighted by Crippen LogP contribution is -1.90. The van der Waals surface area contributed by atoms with Crippen molar-refractivity contribution in [2.24, 2.45) is 0 Å². The number of benzene rings is 1. The van der Waals surface area contributed by atoms with Gasteiger partial charge in [0.1, 0.15) is 12.2 Å². The second-order valence-electron chi connectivity index (χ2n) is 2.75. The summed E-state index contributed by atoms with van der Waals surface area (Å²) >= 11 is 0. The molecule has 14 heavy (non-hydrogen) atoms. The van der Waals surface area contributed by atoms with Crippen molar-refractivity contribution in [1.29, 1.82) is 5.26 Å². The molecule has 0 saturated carbocycles. The molecule has 0 heterocycles. The van der Waals surface area contributed by atoms with Gasteiger partial charge in [-0.05, 0) is 24.1 Å². The third-order valence-electron chi connectivity index (χ3n) is 1.84. The van der Waals surface area contributed by atoms with Gasteiger partial charge in [-0.3, -0.25) is 0 Å². The summed E-state index contributed by atoms with van der Waals surface area (Å²) in [7, 11) is 0. The van der Waals surface area contributed by atoms with Gasteiger partial charge in [-0.1, -0.05) is 18.9 Å². The largest absolute Gasteiger partial charge is 0.406 e. The maximum Gasteiger partial charge on any atom is 0.158 e. The van der Waals surface area contributed by atoms with E-state index >= 15 is 0 Å². The van der Waals surface area contributed by atoms with Gasteiger partial charge in [0.2, 0.25) is 0 Å². The molecular formula is C12H11NO. The third-order valence-corrected chi connectivity index (χ3v) is 1.84. The van der Waals surface area contributed by atoms with Gasteiger partial charge in [0.15, 0.2) is 5.75 Å². The molecule has 70 valence electrons. The number of nitriles is 1. The molecule has 2 heteroatoms. The number of hydrogen-bond donors (Lipinski definition) is 0. The summed E-state index contributed by atoms with van der Waals surface area (Å²) in [6, 6.07) is 7.59. The predicted octanol–water partition coefficient (Wildman–Crippen LogP) is 2.48. The van der Waals surface area contributed by atoms with Gasteiger partial charge < -0.3 is 4.74 Å². The van der Waals surface area contributed by atoms with Crippen molar-refractivity contribution in [2.45, 2.75) is 20.3 Å². The third kappa shape index (κ3) is 2.28. The Balaban J connectivity index is 3.07. The Hall–Kier alpha value is -1.93. The zero-order valence-corrected chi connectivity index (χ0v) is 8.29. The van der Waals surface area contributed by atoms with Crippen LogP contribution in [0.3, 0.4) is 0 Å². The van der Waals surface area contributed by atoms with E-state index in [1.807, 2.05) is 12.1 Å². The fourth-order valence-electron chi connectivity index (χ4n) is 1.07. The SMILES string of the molecule is CC#COc1cc(CC)ccc1C#N. The van der Waals surface area contributed by atoms with E-state index in [9.17, 15) is 0 Å². The fourth-order valence-corrected chi connectivity index (χ4v) is 1.07. The Labute approximate surface area is 84.1 Å². The van der Waals surface area contributed by atoms with Gasteiger partial charge in [0.25, 0.3) is 0 Å². The number of hydrogen-bond acceptors (Lipinski definition) is 2. The molecule has 0 atom stereocenters. The molecule has 0 aliphatic rings. The molecular weight excluding hydrogens is 174 g/mol. The standard InChI is InChI=1S/C12H11NO/c1-3-7-14-12-8-10(4-2)5-6-11(12)9-13/h5-6,8H,4H2,1-2H3. The molecule has 0 aromatic heterocycles. The van der Waals surface area contributed by atoms with Gasteiger partial charge >= 0.3 is 0 Å². The van der Waals surface area contributed by atoms with E-state index in [0.29, 0.717) is 11.3 Å². The molecule has 0 aliphatic carbocycles. The van der Waals surface area contributed by atoms with E-state index in [4.69, 9.17) is 10.00 Å². The molecule has 1 aromatic carbocycles. The van der Waals surface area contributed by atoms with Gasteiger partial charge in [0, 0.05) is 6.92 Å². The highest BCUT2D eigenvalue weighted by atomic mass is 16.5. The second kappa shape index (κ2) is 4.94. The number of ether oxygens (including phenoxy) is 1. The minimum absolute atomic E-state index is 0.518. The first-order valence-electron chi connectivity index (χ1n) is 4.43. The highest BCUT2D eigenvalue weighted by molar-refractivity contribution is 5.46. The Morgan fingerprint density at radius 1 is 1.43 bits per heavy atom. The molecule has 0 radical (unpaired) electrons. The summed E-state index contributed by atoms with van der Waals surface area (Å²) in [6.07, 6.45) is 3.41. The van der Waals surface area contributed by atoms with Crippen molar-refractivity contribution in [2.75, 3.05) is 0 Å². The van der Waals surface area contributed by atoms with Crippen LogP contribution in [0.5, 0.6) is 5.75 Å². The van der Waals surface area contributed by atoms with Crippen molar-refractivity contribution in [3.63, 3.8) is 0 Å². The zero-order chi connectivity index (χ0) is 10.4. The van der Waals surface area contributed by atoms with Crippen molar-refractivity contribution in [1.82, 2.24) is 0 Å². The van der Waals surface area contributed by atoms with Crippen LogP contribution >= 0.6 is 0 Å². The Morgan fingerprint density at radius 2 is 2.21 bits per heavy atom. The number of nitrogens with zero attached hydrogens (tertiary/aromatic N) is 1. The summed E-state index contributed by atoms with van der Waals surface area (Å²) in [5.74, 6) is 3.17. The summed E-state index contributed by atoms with van der Waals surface area (Å²) in [5, 5.41) is 8.80. The van der Waals surface area contributed by atoms with Crippen LogP contribution in [0.4, 0.5) is 0 Å². The molecule has 0 saturated heterocycles. The first-order valence-corrected chi connectivity index (χ1v) is 4.43. The smallest absolute Gasteiger partial charge is 0.158 e. The van der Waals surface area contributed by atoms with Crippen LogP contribution in [-0.2, 0) is 6.42 Å². The Morgan fingerprint density at radius 3 is 2.79 bits per heavy atom. The van der Waals surface area contributed by atoms with E-state index < -0.39 is 0 Å². The average Bonchev–Trinajstić information content (AvgIpc) is 2.25. The highest BCUT2D eigenvalue weighted by Gasteiger charge is 2.02. The highest BCUT2D eigenvalue weighted by Crippen LogP contribution is 2.19. The lowest BCUT2D eigenvalue weighted by molar-refractivity contribution is 0.517.